The zero-order valence-corrected chi connectivity index (χ0v) is 27.9. The minimum atomic E-state index is -5.00. The van der Waals surface area contributed by atoms with Crippen molar-refractivity contribution in [3.8, 4) is 5.75 Å². The fourth-order valence-corrected chi connectivity index (χ4v) is 7.19. The van der Waals surface area contributed by atoms with Crippen LogP contribution in [0.15, 0.2) is 90.7 Å². The maximum absolute atomic E-state index is 14.3. The summed E-state index contributed by atoms with van der Waals surface area (Å²) in [5, 5.41) is 0.938. The van der Waals surface area contributed by atoms with E-state index in [0.29, 0.717) is 30.3 Å². The minimum absolute atomic E-state index is 0.1000. The Balaban J connectivity index is 1.61. The number of aromatic nitrogens is 1. The number of esters is 1. The molecule has 4 aromatic rings. The van der Waals surface area contributed by atoms with Crippen LogP contribution in [0.1, 0.15) is 29.7 Å². The van der Waals surface area contributed by atoms with Crippen LogP contribution < -0.4 is 19.6 Å². The van der Waals surface area contributed by atoms with Crippen molar-refractivity contribution in [2.75, 3.05) is 6.61 Å². The van der Waals surface area contributed by atoms with Crippen molar-refractivity contribution in [1.82, 2.24) is 4.57 Å². The molecule has 0 radical (unpaired) electrons. The van der Waals surface area contributed by atoms with Crippen LogP contribution in [-0.4, -0.2) is 23.3 Å². The average molecular weight is 791 g/mol. The molecule has 5 rings (SSSR count). The second kappa shape index (κ2) is 13.2. The third kappa shape index (κ3) is 6.84. The van der Waals surface area contributed by atoms with E-state index in [1.807, 2.05) is 12.1 Å². The van der Waals surface area contributed by atoms with Gasteiger partial charge in [0.2, 0.25) is 0 Å². The van der Waals surface area contributed by atoms with Crippen molar-refractivity contribution in [2.24, 2.45) is 4.99 Å². The van der Waals surface area contributed by atoms with Gasteiger partial charge in [-0.15, -0.1) is 0 Å². The normalized spacial score (nSPS) is 15.2. The Labute approximate surface area is 279 Å². The van der Waals surface area contributed by atoms with Crippen molar-refractivity contribution in [3.05, 3.63) is 127 Å². The number of allylic oxidation sites excluding steroid dienone is 1. The van der Waals surface area contributed by atoms with E-state index in [-0.39, 0.29) is 28.1 Å². The first-order chi connectivity index (χ1) is 20.9. The van der Waals surface area contributed by atoms with E-state index < -0.39 is 35.0 Å². The second-order valence-corrected chi connectivity index (χ2v) is 12.9. The van der Waals surface area contributed by atoms with Gasteiger partial charge in [-0.1, -0.05) is 58.8 Å². The zero-order valence-electron chi connectivity index (χ0n) is 22.4. The highest BCUT2D eigenvalue weighted by atomic mass is 79.9. The number of hydrogen-bond donors (Lipinski definition) is 0. The molecular weight excluding hydrogens is 772 g/mol. The molecule has 3 aromatic carbocycles. The van der Waals surface area contributed by atoms with Gasteiger partial charge in [-0.25, -0.2) is 9.79 Å². The lowest BCUT2D eigenvalue weighted by atomic mass is 9.95. The zero-order chi connectivity index (χ0) is 31.8. The predicted molar refractivity (Wildman–Crippen MR) is 170 cm³/mol. The molecule has 1 aromatic heterocycles. The Hall–Kier alpha value is -2.90. The molecule has 0 aliphatic carbocycles. The standard InChI is InChI=1S/C30H19Br2Cl2F3N2O4S/c1-2-42-28(41)23-24(17-5-9-19(34)10-6-17)39-27(40)22(44-29(39)38-26(23)30(35,36)37)13-16-11-20(31)25(21(32)12-16)43-14-15-3-7-18(33)8-4-15/h3-13,24H,2,14H2,1H3/b22-13-/t24-/m0/s1. The SMILES string of the molecule is CCOC(=O)C1=C(C(F)(F)F)N=c2s/c(=C\c3cc(Br)c(OCc4ccc(Cl)cc4)c(Br)c3)c(=O)n2[C@H]1c1ccc(Cl)cc1. The first-order valence-electron chi connectivity index (χ1n) is 12.8. The van der Waals surface area contributed by atoms with Crippen LogP contribution in [0, 0.1) is 0 Å². The van der Waals surface area contributed by atoms with Gasteiger partial charge in [0.1, 0.15) is 12.4 Å². The van der Waals surface area contributed by atoms with Crippen molar-refractivity contribution in [3.63, 3.8) is 0 Å². The maximum Gasteiger partial charge on any atom is 0.434 e. The van der Waals surface area contributed by atoms with E-state index in [4.69, 9.17) is 32.7 Å². The molecule has 1 atom stereocenters. The molecule has 2 heterocycles. The second-order valence-electron chi connectivity index (χ2n) is 9.34. The number of carbonyl (C=O) groups excluding carboxylic acids is 1. The third-order valence-corrected chi connectivity index (χ3v) is 9.06. The van der Waals surface area contributed by atoms with Gasteiger partial charge < -0.3 is 9.47 Å². The van der Waals surface area contributed by atoms with E-state index in [0.717, 1.165) is 21.5 Å². The van der Waals surface area contributed by atoms with Crippen LogP contribution in [0.5, 0.6) is 5.75 Å². The molecule has 0 fully saturated rings. The lowest BCUT2D eigenvalue weighted by Crippen LogP contribution is -2.41. The van der Waals surface area contributed by atoms with Gasteiger partial charge in [0, 0.05) is 10.0 Å². The Morgan fingerprint density at radius 3 is 2.20 bits per heavy atom. The molecule has 44 heavy (non-hydrogen) atoms. The highest BCUT2D eigenvalue weighted by Gasteiger charge is 2.45. The highest BCUT2D eigenvalue weighted by Crippen LogP contribution is 2.39. The number of halogens is 7. The molecular formula is C30H19Br2Cl2F3N2O4S. The lowest BCUT2D eigenvalue weighted by Gasteiger charge is -2.26. The van der Waals surface area contributed by atoms with E-state index in [1.165, 1.54) is 37.3 Å². The quantitative estimate of drug-likeness (QED) is 0.180. The van der Waals surface area contributed by atoms with Gasteiger partial charge >= 0.3 is 12.1 Å². The number of nitrogens with zero attached hydrogens (tertiary/aromatic N) is 2. The number of hydrogen-bond acceptors (Lipinski definition) is 6. The minimum Gasteiger partial charge on any atom is -0.487 e. The third-order valence-electron chi connectivity index (χ3n) is 6.40. The monoisotopic (exact) mass is 788 g/mol. The molecule has 0 amide bonds. The number of ether oxygens (including phenoxy) is 2. The van der Waals surface area contributed by atoms with Crippen LogP contribution in [0.25, 0.3) is 6.08 Å². The molecule has 0 bridgehead atoms. The molecule has 0 spiro atoms. The Bertz CT molecular complexity index is 1940. The van der Waals surface area contributed by atoms with E-state index in [1.54, 1.807) is 24.3 Å². The van der Waals surface area contributed by atoms with Gasteiger partial charge in [-0.05, 0) is 97.9 Å². The van der Waals surface area contributed by atoms with Gasteiger partial charge in [0.15, 0.2) is 10.5 Å². The predicted octanol–water partition coefficient (Wildman–Crippen LogP) is 7.75. The lowest BCUT2D eigenvalue weighted by molar-refractivity contribution is -0.140. The molecule has 228 valence electrons. The van der Waals surface area contributed by atoms with Crippen molar-refractivity contribution in [1.29, 1.82) is 0 Å². The average Bonchev–Trinajstić information content (AvgIpc) is 3.27. The molecule has 6 nitrogen and oxygen atoms in total. The molecule has 0 unspecified atom stereocenters. The van der Waals surface area contributed by atoms with Crippen LogP contribution in [-0.2, 0) is 16.1 Å². The topological polar surface area (TPSA) is 69.9 Å². The summed E-state index contributed by atoms with van der Waals surface area (Å²) in [5.41, 5.74) is -1.16. The summed E-state index contributed by atoms with van der Waals surface area (Å²) in [7, 11) is 0. The molecule has 0 N–H and O–H groups in total. The Morgan fingerprint density at radius 2 is 1.64 bits per heavy atom. The molecule has 1 aliphatic rings. The van der Waals surface area contributed by atoms with Crippen LogP contribution in [0.2, 0.25) is 10.0 Å². The van der Waals surface area contributed by atoms with Gasteiger partial charge in [-0.3, -0.25) is 9.36 Å². The summed E-state index contributed by atoms with van der Waals surface area (Å²) in [6.45, 7) is 1.57. The number of alkyl halides is 3. The summed E-state index contributed by atoms with van der Waals surface area (Å²) < 4.78 is 56.2. The first kappa shape index (κ1) is 32.5. The van der Waals surface area contributed by atoms with Crippen molar-refractivity contribution in [2.45, 2.75) is 25.7 Å². The van der Waals surface area contributed by atoms with Crippen LogP contribution in [0.4, 0.5) is 13.2 Å². The largest absolute Gasteiger partial charge is 0.487 e. The number of fused-ring (bicyclic) bond motifs is 1. The molecule has 14 heteroatoms. The molecule has 0 saturated carbocycles. The summed E-state index contributed by atoms with van der Waals surface area (Å²) in [5.74, 6) is -0.713. The fourth-order valence-electron chi connectivity index (χ4n) is 4.49. The van der Waals surface area contributed by atoms with Gasteiger partial charge in [0.25, 0.3) is 5.56 Å². The Morgan fingerprint density at radius 1 is 1.05 bits per heavy atom. The van der Waals surface area contributed by atoms with Gasteiger partial charge in [-0.2, -0.15) is 13.2 Å². The van der Waals surface area contributed by atoms with Crippen molar-refractivity contribution >= 4 is 78.4 Å². The van der Waals surface area contributed by atoms with Crippen LogP contribution >= 0.6 is 66.4 Å². The fraction of sp³-hybridized carbons (Fsp3) is 0.167. The number of carbonyl (C=O) groups is 1. The number of thiazole rings is 1. The van der Waals surface area contributed by atoms with E-state index >= 15 is 0 Å². The van der Waals surface area contributed by atoms with E-state index in [2.05, 4.69) is 36.9 Å². The number of rotatable bonds is 7. The first-order valence-corrected chi connectivity index (χ1v) is 15.9. The van der Waals surface area contributed by atoms with E-state index in [9.17, 15) is 22.8 Å². The Kier molecular flexibility index (Phi) is 9.76. The summed E-state index contributed by atoms with van der Waals surface area (Å²) in [6.07, 6.45) is -3.47. The molecule has 1 aliphatic heterocycles. The van der Waals surface area contributed by atoms with Gasteiger partial charge in [0.05, 0.1) is 31.7 Å². The summed E-state index contributed by atoms with van der Waals surface area (Å²) >= 11 is 19.7. The van der Waals surface area contributed by atoms with Crippen LogP contribution in [0.3, 0.4) is 0 Å². The number of benzene rings is 3. The molecule has 0 saturated heterocycles. The smallest absolute Gasteiger partial charge is 0.434 e. The summed E-state index contributed by atoms with van der Waals surface area (Å²) in [6, 6.07) is 15.0. The summed E-state index contributed by atoms with van der Waals surface area (Å²) in [4.78, 5) is 30.3. The maximum atomic E-state index is 14.3. The van der Waals surface area contributed by atoms with Crippen molar-refractivity contribution < 1.29 is 27.4 Å². The highest BCUT2D eigenvalue weighted by molar-refractivity contribution is 9.11.